The van der Waals surface area contributed by atoms with Crippen LogP contribution in [-0.4, -0.2) is 5.11 Å². The number of halogens is 1. The molecule has 0 saturated heterocycles. The molecule has 1 aliphatic carbocycles. The predicted octanol–water partition coefficient (Wildman–Crippen LogP) is 1.35. The van der Waals surface area contributed by atoms with Crippen LogP contribution >= 0.6 is 0 Å². The van der Waals surface area contributed by atoms with E-state index in [1.54, 1.807) is 0 Å². The Labute approximate surface area is 80.6 Å². The number of nitrogens with two attached hydrogens (primary N) is 1. The van der Waals surface area contributed by atoms with E-state index in [0.29, 0.717) is 5.56 Å². The second kappa shape index (κ2) is 2.69. The van der Waals surface area contributed by atoms with E-state index < -0.39 is 17.1 Å². The smallest absolute Gasteiger partial charge is 0.166 e. The number of rotatable bonds is 1. The molecule has 0 aromatic heterocycles. The Morgan fingerprint density at radius 1 is 1.50 bits per heavy atom. The van der Waals surface area contributed by atoms with Crippen molar-refractivity contribution >= 4 is 0 Å². The second-order valence-corrected chi connectivity index (χ2v) is 3.62. The van der Waals surface area contributed by atoms with Crippen molar-refractivity contribution in [3.63, 3.8) is 0 Å². The topological polar surface area (TPSA) is 70.0 Å². The average molecular weight is 192 g/mol. The fourth-order valence-electron chi connectivity index (χ4n) is 1.45. The number of phenols is 1. The molecule has 1 fully saturated rings. The normalized spacial score (nSPS) is 17.5. The molecule has 2 rings (SSSR count). The number of nitrogens with zero attached hydrogens (tertiary/aromatic N) is 1. The van der Waals surface area contributed by atoms with Gasteiger partial charge in [-0.05, 0) is 25.0 Å². The molecule has 0 radical (unpaired) electrons. The van der Waals surface area contributed by atoms with Gasteiger partial charge in [-0.1, -0.05) is 0 Å². The van der Waals surface area contributed by atoms with Gasteiger partial charge in [0, 0.05) is 11.1 Å². The standard InChI is InChI=1S/C10H9FN2O/c11-8-4-6(5-12)3-7(9(8)14)10(13)1-2-10/h3-4,14H,1-2,13H2. The first-order valence-electron chi connectivity index (χ1n) is 4.29. The van der Waals surface area contributed by atoms with Gasteiger partial charge < -0.3 is 10.8 Å². The average Bonchev–Trinajstić information content (AvgIpc) is 2.89. The third-order valence-corrected chi connectivity index (χ3v) is 2.52. The molecule has 0 aliphatic heterocycles. The molecule has 1 aromatic carbocycles. The minimum absolute atomic E-state index is 0.187. The van der Waals surface area contributed by atoms with E-state index in [1.807, 2.05) is 6.07 Å². The lowest BCUT2D eigenvalue weighted by atomic mass is 10.0. The Morgan fingerprint density at radius 2 is 2.14 bits per heavy atom. The van der Waals surface area contributed by atoms with Crippen LogP contribution in [0.5, 0.6) is 5.75 Å². The zero-order valence-electron chi connectivity index (χ0n) is 7.42. The summed E-state index contributed by atoms with van der Waals surface area (Å²) in [5.74, 6) is -1.21. The summed E-state index contributed by atoms with van der Waals surface area (Å²) in [6, 6.07) is 4.28. The number of hydrogen-bond acceptors (Lipinski definition) is 3. The fourth-order valence-corrected chi connectivity index (χ4v) is 1.45. The zero-order chi connectivity index (χ0) is 10.3. The van der Waals surface area contributed by atoms with E-state index in [1.165, 1.54) is 6.07 Å². The first-order valence-corrected chi connectivity index (χ1v) is 4.29. The van der Waals surface area contributed by atoms with Crippen molar-refractivity contribution in [1.29, 1.82) is 5.26 Å². The van der Waals surface area contributed by atoms with E-state index >= 15 is 0 Å². The van der Waals surface area contributed by atoms with Crippen LogP contribution in [0.3, 0.4) is 0 Å². The number of phenolic OH excluding ortho intramolecular Hbond substituents is 1. The van der Waals surface area contributed by atoms with Crippen molar-refractivity contribution in [1.82, 2.24) is 0 Å². The van der Waals surface area contributed by atoms with Crippen molar-refractivity contribution in [3.8, 4) is 11.8 Å². The number of aromatic hydroxyl groups is 1. The van der Waals surface area contributed by atoms with Crippen molar-refractivity contribution in [2.24, 2.45) is 5.73 Å². The third-order valence-electron chi connectivity index (χ3n) is 2.52. The molecule has 72 valence electrons. The van der Waals surface area contributed by atoms with Gasteiger partial charge in [0.25, 0.3) is 0 Å². The van der Waals surface area contributed by atoms with E-state index in [4.69, 9.17) is 11.0 Å². The molecule has 14 heavy (non-hydrogen) atoms. The maximum Gasteiger partial charge on any atom is 0.166 e. The summed E-state index contributed by atoms with van der Waals surface area (Å²) in [4.78, 5) is 0. The summed E-state index contributed by atoms with van der Waals surface area (Å²) in [6.45, 7) is 0. The van der Waals surface area contributed by atoms with Gasteiger partial charge >= 0.3 is 0 Å². The Kier molecular flexibility index (Phi) is 1.73. The minimum atomic E-state index is -0.782. The highest BCUT2D eigenvalue weighted by atomic mass is 19.1. The molecule has 0 atom stereocenters. The molecule has 0 amide bonds. The zero-order valence-corrected chi connectivity index (χ0v) is 7.42. The van der Waals surface area contributed by atoms with Gasteiger partial charge in [0.05, 0.1) is 11.6 Å². The summed E-state index contributed by atoms with van der Waals surface area (Å²) >= 11 is 0. The minimum Gasteiger partial charge on any atom is -0.505 e. The van der Waals surface area contributed by atoms with Crippen LogP contribution < -0.4 is 5.73 Å². The molecular weight excluding hydrogens is 183 g/mol. The molecule has 1 saturated carbocycles. The fraction of sp³-hybridized carbons (Fsp3) is 0.300. The molecule has 1 aromatic rings. The van der Waals surface area contributed by atoms with Crippen molar-refractivity contribution in [2.45, 2.75) is 18.4 Å². The second-order valence-electron chi connectivity index (χ2n) is 3.62. The van der Waals surface area contributed by atoms with E-state index in [9.17, 15) is 9.50 Å². The summed E-state index contributed by atoms with van der Waals surface area (Å²) < 4.78 is 13.1. The van der Waals surface area contributed by atoms with Gasteiger partial charge in [0.1, 0.15) is 0 Å². The summed E-state index contributed by atoms with van der Waals surface area (Å²) in [5, 5.41) is 18.1. The Hall–Kier alpha value is -1.60. The monoisotopic (exact) mass is 192 g/mol. The first kappa shape index (κ1) is 8.97. The molecule has 3 nitrogen and oxygen atoms in total. The van der Waals surface area contributed by atoms with Gasteiger partial charge in [-0.3, -0.25) is 0 Å². The van der Waals surface area contributed by atoms with E-state index in [-0.39, 0.29) is 5.56 Å². The quantitative estimate of drug-likeness (QED) is 0.705. The lowest BCUT2D eigenvalue weighted by Gasteiger charge is -2.11. The molecule has 0 heterocycles. The molecular formula is C10H9FN2O. The van der Waals surface area contributed by atoms with Crippen molar-refractivity contribution in [2.75, 3.05) is 0 Å². The van der Waals surface area contributed by atoms with Crippen LogP contribution in [0.25, 0.3) is 0 Å². The number of hydrogen-bond donors (Lipinski definition) is 2. The SMILES string of the molecule is N#Cc1cc(F)c(O)c(C2(N)CC2)c1. The highest BCUT2D eigenvalue weighted by molar-refractivity contribution is 5.48. The summed E-state index contributed by atoms with van der Waals surface area (Å²) in [6.07, 6.45) is 1.43. The van der Waals surface area contributed by atoms with Crippen LogP contribution in [0.15, 0.2) is 12.1 Å². The van der Waals surface area contributed by atoms with Crippen LogP contribution in [0.4, 0.5) is 4.39 Å². The number of benzene rings is 1. The maximum atomic E-state index is 13.1. The van der Waals surface area contributed by atoms with Crippen LogP contribution in [-0.2, 0) is 5.54 Å². The lowest BCUT2D eigenvalue weighted by molar-refractivity contribution is 0.419. The van der Waals surface area contributed by atoms with E-state index in [0.717, 1.165) is 18.9 Å². The van der Waals surface area contributed by atoms with Gasteiger partial charge in [-0.25, -0.2) is 4.39 Å². The summed E-state index contributed by atoms with van der Waals surface area (Å²) in [7, 11) is 0. The number of nitriles is 1. The predicted molar refractivity (Wildman–Crippen MR) is 47.9 cm³/mol. The largest absolute Gasteiger partial charge is 0.505 e. The van der Waals surface area contributed by atoms with Gasteiger partial charge in [-0.2, -0.15) is 5.26 Å². The van der Waals surface area contributed by atoms with Gasteiger partial charge in [-0.15, -0.1) is 0 Å². The molecule has 3 N–H and O–H groups in total. The van der Waals surface area contributed by atoms with Crippen molar-refractivity contribution < 1.29 is 9.50 Å². The Bertz CT molecular complexity index is 432. The molecule has 0 bridgehead atoms. The maximum absolute atomic E-state index is 13.1. The van der Waals surface area contributed by atoms with Gasteiger partial charge in [0.2, 0.25) is 0 Å². The lowest BCUT2D eigenvalue weighted by Crippen LogP contribution is -2.19. The Balaban J connectivity index is 2.59. The first-order chi connectivity index (χ1) is 6.57. The molecule has 0 spiro atoms. The van der Waals surface area contributed by atoms with E-state index in [2.05, 4.69) is 0 Å². The van der Waals surface area contributed by atoms with Crippen LogP contribution in [0.1, 0.15) is 24.0 Å². The molecule has 0 unspecified atom stereocenters. The highest BCUT2D eigenvalue weighted by Crippen LogP contribution is 2.47. The van der Waals surface area contributed by atoms with Crippen LogP contribution in [0.2, 0.25) is 0 Å². The van der Waals surface area contributed by atoms with Crippen LogP contribution in [0, 0.1) is 17.1 Å². The summed E-state index contributed by atoms with van der Waals surface area (Å²) in [5.41, 5.74) is 5.73. The Morgan fingerprint density at radius 3 is 2.64 bits per heavy atom. The van der Waals surface area contributed by atoms with Crippen molar-refractivity contribution in [3.05, 3.63) is 29.1 Å². The van der Waals surface area contributed by atoms with Gasteiger partial charge in [0.15, 0.2) is 11.6 Å². The molecule has 4 heteroatoms. The third kappa shape index (κ3) is 1.22. The highest BCUT2D eigenvalue weighted by Gasteiger charge is 2.42. The molecule has 1 aliphatic rings.